The first-order valence-corrected chi connectivity index (χ1v) is 5.64. The van der Waals surface area contributed by atoms with Crippen molar-refractivity contribution in [3.63, 3.8) is 0 Å². The Bertz CT molecular complexity index is 397. The van der Waals surface area contributed by atoms with E-state index in [-0.39, 0.29) is 17.2 Å². The molecule has 1 saturated carbocycles. The smallest absolute Gasteiger partial charge is 0.228 e. The van der Waals surface area contributed by atoms with E-state index in [1.807, 2.05) is 6.92 Å². The number of hydrogen-bond donors (Lipinski definition) is 1. The molecule has 2 rings (SSSR count). The second kappa shape index (κ2) is 3.85. The van der Waals surface area contributed by atoms with Crippen LogP contribution in [0.25, 0.3) is 0 Å². The lowest BCUT2D eigenvalue weighted by Gasteiger charge is -2.06. The lowest BCUT2D eigenvalue weighted by Crippen LogP contribution is -2.16. The van der Waals surface area contributed by atoms with Gasteiger partial charge in [-0.3, -0.25) is 4.79 Å². The molecule has 0 spiro atoms. The quantitative estimate of drug-likeness (QED) is 0.846. The first-order chi connectivity index (χ1) is 7.53. The first-order valence-electron chi connectivity index (χ1n) is 5.64. The van der Waals surface area contributed by atoms with Crippen LogP contribution in [0.3, 0.4) is 0 Å². The van der Waals surface area contributed by atoms with Gasteiger partial charge in [0.15, 0.2) is 0 Å². The molecule has 4 nitrogen and oxygen atoms in total. The lowest BCUT2D eigenvalue weighted by atomic mass is 10.1. The third kappa shape index (κ3) is 2.21. The highest BCUT2D eigenvalue weighted by molar-refractivity contribution is 5.94. The van der Waals surface area contributed by atoms with Crippen molar-refractivity contribution in [2.75, 3.05) is 5.32 Å². The van der Waals surface area contributed by atoms with Gasteiger partial charge in [0.1, 0.15) is 5.82 Å². The van der Waals surface area contributed by atoms with Gasteiger partial charge in [0.2, 0.25) is 5.91 Å². The molecule has 1 fully saturated rings. The zero-order valence-corrected chi connectivity index (χ0v) is 9.95. The number of carbonyl (C=O) groups excluding carboxylic acids is 1. The summed E-state index contributed by atoms with van der Waals surface area (Å²) in [7, 11) is 0. The summed E-state index contributed by atoms with van der Waals surface area (Å²) < 4.78 is 0. The van der Waals surface area contributed by atoms with E-state index in [1.54, 1.807) is 12.4 Å². The average Bonchev–Trinajstić information content (AvgIpc) is 2.89. The fraction of sp³-hybridized carbons (Fsp3) is 0.583. The molecule has 1 aromatic rings. The van der Waals surface area contributed by atoms with Crippen molar-refractivity contribution in [2.24, 2.45) is 11.3 Å². The van der Waals surface area contributed by atoms with Gasteiger partial charge in [-0.15, -0.1) is 0 Å². The van der Waals surface area contributed by atoms with E-state index in [0.717, 1.165) is 18.7 Å². The van der Waals surface area contributed by atoms with E-state index < -0.39 is 0 Å². The molecule has 0 saturated heterocycles. The van der Waals surface area contributed by atoms with Gasteiger partial charge in [0.05, 0.1) is 18.1 Å². The van der Waals surface area contributed by atoms with Gasteiger partial charge >= 0.3 is 0 Å². The lowest BCUT2D eigenvalue weighted by molar-refractivity contribution is -0.118. The first kappa shape index (κ1) is 11.0. The van der Waals surface area contributed by atoms with Crippen molar-refractivity contribution in [1.29, 1.82) is 0 Å². The molecule has 0 bridgehead atoms. The summed E-state index contributed by atoms with van der Waals surface area (Å²) >= 11 is 0. The molecule has 1 unspecified atom stereocenters. The summed E-state index contributed by atoms with van der Waals surface area (Å²) in [6.45, 7) is 6.21. The van der Waals surface area contributed by atoms with Crippen LogP contribution in [-0.4, -0.2) is 15.9 Å². The SMILES string of the molecule is CCc1ncc(NC(=O)C2CC2(C)C)cn1. The van der Waals surface area contributed by atoms with Crippen molar-refractivity contribution in [1.82, 2.24) is 9.97 Å². The Labute approximate surface area is 95.5 Å². The molecule has 4 heteroatoms. The molecule has 1 amide bonds. The molecular formula is C12H17N3O. The molecule has 16 heavy (non-hydrogen) atoms. The minimum Gasteiger partial charge on any atom is -0.323 e. The van der Waals surface area contributed by atoms with Crippen LogP contribution < -0.4 is 5.32 Å². The largest absolute Gasteiger partial charge is 0.323 e. The monoisotopic (exact) mass is 219 g/mol. The Morgan fingerprint density at radius 1 is 1.50 bits per heavy atom. The molecule has 1 heterocycles. The summed E-state index contributed by atoms with van der Waals surface area (Å²) in [4.78, 5) is 20.1. The standard InChI is InChI=1S/C12H17N3O/c1-4-10-13-6-8(7-14-10)15-11(16)9-5-12(9,2)3/h6-7,9H,4-5H2,1-3H3,(H,15,16). The third-order valence-corrected chi connectivity index (χ3v) is 3.12. The summed E-state index contributed by atoms with van der Waals surface area (Å²) in [5.41, 5.74) is 0.846. The van der Waals surface area contributed by atoms with Crippen LogP contribution >= 0.6 is 0 Å². The Morgan fingerprint density at radius 3 is 2.50 bits per heavy atom. The van der Waals surface area contributed by atoms with Gasteiger partial charge in [-0.05, 0) is 11.8 Å². The van der Waals surface area contributed by atoms with E-state index in [9.17, 15) is 4.79 Å². The highest BCUT2D eigenvalue weighted by Gasteiger charge is 2.50. The minimum absolute atomic E-state index is 0.0813. The van der Waals surface area contributed by atoms with Gasteiger partial charge in [-0.1, -0.05) is 20.8 Å². The molecule has 1 atom stereocenters. The van der Waals surface area contributed by atoms with Crippen molar-refractivity contribution >= 4 is 11.6 Å². The number of amides is 1. The highest BCUT2D eigenvalue weighted by Crippen LogP contribution is 2.51. The highest BCUT2D eigenvalue weighted by atomic mass is 16.2. The average molecular weight is 219 g/mol. The van der Waals surface area contributed by atoms with Crippen LogP contribution in [0.5, 0.6) is 0 Å². The zero-order valence-electron chi connectivity index (χ0n) is 9.95. The second-order valence-electron chi connectivity index (χ2n) is 4.98. The predicted molar refractivity (Wildman–Crippen MR) is 61.9 cm³/mol. The van der Waals surface area contributed by atoms with Gasteiger partial charge in [-0.2, -0.15) is 0 Å². The normalized spacial score (nSPS) is 21.6. The van der Waals surface area contributed by atoms with E-state index in [2.05, 4.69) is 29.1 Å². The topological polar surface area (TPSA) is 54.9 Å². The van der Waals surface area contributed by atoms with Gasteiger partial charge in [-0.25, -0.2) is 9.97 Å². The van der Waals surface area contributed by atoms with Crippen LogP contribution in [0.15, 0.2) is 12.4 Å². The van der Waals surface area contributed by atoms with Gasteiger partial charge in [0.25, 0.3) is 0 Å². The van der Waals surface area contributed by atoms with Gasteiger partial charge < -0.3 is 5.32 Å². The number of aryl methyl sites for hydroxylation is 1. The molecule has 1 aliphatic carbocycles. The Balaban J connectivity index is 1.96. The van der Waals surface area contributed by atoms with Crippen molar-refractivity contribution in [3.05, 3.63) is 18.2 Å². The van der Waals surface area contributed by atoms with E-state index in [4.69, 9.17) is 0 Å². The Kier molecular flexibility index (Phi) is 2.66. The fourth-order valence-corrected chi connectivity index (χ4v) is 1.75. The molecule has 1 aliphatic rings. The summed E-state index contributed by atoms with van der Waals surface area (Å²) in [6, 6.07) is 0. The van der Waals surface area contributed by atoms with E-state index >= 15 is 0 Å². The maximum atomic E-state index is 11.8. The number of anilines is 1. The summed E-state index contributed by atoms with van der Waals surface area (Å²) in [5, 5.41) is 2.85. The zero-order chi connectivity index (χ0) is 11.8. The minimum atomic E-state index is 0.0813. The number of aromatic nitrogens is 2. The second-order valence-corrected chi connectivity index (χ2v) is 4.98. The number of nitrogens with zero attached hydrogens (tertiary/aromatic N) is 2. The number of nitrogens with one attached hydrogen (secondary N) is 1. The van der Waals surface area contributed by atoms with Crippen molar-refractivity contribution in [2.45, 2.75) is 33.6 Å². The van der Waals surface area contributed by atoms with E-state index in [0.29, 0.717) is 5.69 Å². The maximum Gasteiger partial charge on any atom is 0.228 e. The number of rotatable bonds is 3. The van der Waals surface area contributed by atoms with Crippen LogP contribution in [0.4, 0.5) is 5.69 Å². The fourth-order valence-electron chi connectivity index (χ4n) is 1.75. The van der Waals surface area contributed by atoms with Crippen LogP contribution in [0.1, 0.15) is 33.0 Å². The van der Waals surface area contributed by atoms with E-state index in [1.165, 1.54) is 0 Å². The molecular weight excluding hydrogens is 202 g/mol. The summed E-state index contributed by atoms with van der Waals surface area (Å²) in [6.07, 6.45) is 5.11. The Hall–Kier alpha value is -1.45. The number of hydrogen-bond acceptors (Lipinski definition) is 3. The van der Waals surface area contributed by atoms with Crippen LogP contribution in [0.2, 0.25) is 0 Å². The van der Waals surface area contributed by atoms with Crippen LogP contribution in [0, 0.1) is 11.3 Å². The molecule has 0 aliphatic heterocycles. The molecule has 86 valence electrons. The van der Waals surface area contributed by atoms with Crippen molar-refractivity contribution < 1.29 is 4.79 Å². The molecule has 1 aromatic heterocycles. The van der Waals surface area contributed by atoms with Gasteiger partial charge in [0, 0.05) is 12.3 Å². The van der Waals surface area contributed by atoms with Crippen LogP contribution in [-0.2, 0) is 11.2 Å². The Morgan fingerprint density at radius 2 is 2.06 bits per heavy atom. The maximum absolute atomic E-state index is 11.8. The molecule has 1 N–H and O–H groups in total. The predicted octanol–water partition coefficient (Wildman–Crippen LogP) is 2.02. The third-order valence-electron chi connectivity index (χ3n) is 3.12. The molecule has 0 radical (unpaired) electrons. The van der Waals surface area contributed by atoms with Crippen molar-refractivity contribution in [3.8, 4) is 0 Å². The molecule has 0 aromatic carbocycles. The number of carbonyl (C=O) groups is 1. The summed E-state index contributed by atoms with van der Waals surface area (Å²) in [5.74, 6) is 1.01.